The highest BCUT2D eigenvalue weighted by atomic mass is 79.9. The second kappa shape index (κ2) is 6.91. The second-order valence-electron chi connectivity index (χ2n) is 4.51. The van der Waals surface area contributed by atoms with E-state index in [-0.39, 0.29) is 5.75 Å². The Morgan fingerprint density at radius 2 is 1.76 bits per heavy atom. The molecule has 0 aromatic heterocycles. The van der Waals surface area contributed by atoms with Gasteiger partial charge in [0.15, 0.2) is 0 Å². The average Bonchev–Trinajstić information content (AvgIpc) is 2.42. The molecule has 0 aliphatic heterocycles. The van der Waals surface area contributed by atoms with Crippen LogP contribution in [0.2, 0.25) is 0 Å². The van der Waals surface area contributed by atoms with Crippen LogP contribution in [0.3, 0.4) is 0 Å². The quantitative estimate of drug-likeness (QED) is 0.756. The van der Waals surface area contributed by atoms with Crippen molar-refractivity contribution in [3.8, 4) is 0 Å². The molecule has 0 saturated carbocycles. The molecule has 2 rings (SSSR count). The van der Waals surface area contributed by atoms with Gasteiger partial charge in [0.1, 0.15) is 0 Å². The van der Waals surface area contributed by atoms with Gasteiger partial charge >= 0.3 is 0 Å². The van der Waals surface area contributed by atoms with E-state index >= 15 is 0 Å². The van der Waals surface area contributed by atoms with Gasteiger partial charge in [0.25, 0.3) is 0 Å². The zero-order valence-electron chi connectivity index (χ0n) is 11.0. The highest BCUT2D eigenvalue weighted by Gasteiger charge is 2.14. The van der Waals surface area contributed by atoms with Crippen molar-refractivity contribution in [3.63, 3.8) is 0 Å². The van der Waals surface area contributed by atoms with E-state index in [4.69, 9.17) is 5.73 Å². The van der Waals surface area contributed by atoms with Gasteiger partial charge in [0.2, 0.25) is 10.0 Å². The zero-order valence-corrected chi connectivity index (χ0v) is 15.0. The molecule has 0 amide bonds. The van der Waals surface area contributed by atoms with Crippen molar-refractivity contribution in [2.24, 2.45) is 5.73 Å². The van der Waals surface area contributed by atoms with Crippen molar-refractivity contribution < 1.29 is 8.42 Å². The predicted octanol–water partition coefficient (Wildman–Crippen LogP) is 3.61. The number of anilines is 1. The monoisotopic (exact) mass is 432 g/mol. The van der Waals surface area contributed by atoms with Gasteiger partial charge in [-0.3, -0.25) is 4.72 Å². The predicted molar refractivity (Wildman–Crippen MR) is 92.4 cm³/mol. The van der Waals surface area contributed by atoms with E-state index in [2.05, 4.69) is 36.6 Å². The summed E-state index contributed by atoms with van der Waals surface area (Å²) >= 11 is 6.65. The lowest BCUT2D eigenvalue weighted by molar-refractivity contribution is 0.600. The SMILES string of the molecule is NCc1cccc(CS(=O)(=O)Nc2cc(Br)ccc2Br)c1. The van der Waals surface area contributed by atoms with E-state index < -0.39 is 10.0 Å². The summed E-state index contributed by atoms with van der Waals surface area (Å²) in [6.45, 7) is 0.387. The molecule has 7 heteroatoms. The van der Waals surface area contributed by atoms with Crippen LogP contribution in [-0.2, 0) is 22.3 Å². The third kappa shape index (κ3) is 4.81. The van der Waals surface area contributed by atoms with Crippen molar-refractivity contribution in [2.45, 2.75) is 12.3 Å². The number of sulfonamides is 1. The Balaban J connectivity index is 2.20. The van der Waals surface area contributed by atoms with E-state index in [1.54, 1.807) is 24.3 Å². The zero-order chi connectivity index (χ0) is 15.5. The number of nitrogens with two attached hydrogens (primary N) is 1. The van der Waals surface area contributed by atoms with Crippen molar-refractivity contribution in [1.29, 1.82) is 0 Å². The van der Waals surface area contributed by atoms with E-state index in [1.807, 2.05) is 18.2 Å². The van der Waals surface area contributed by atoms with Crippen LogP contribution < -0.4 is 10.5 Å². The van der Waals surface area contributed by atoms with Crippen LogP contribution in [0, 0.1) is 0 Å². The van der Waals surface area contributed by atoms with E-state index in [0.717, 1.165) is 10.0 Å². The van der Waals surface area contributed by atoms with Crippen LogP contribution in [0.4, 0.5) is 5.69 Å². The van der Waals surface area contributed by atoms with Crippen LogP contribution >= 0.6 is 31.9 Å². The normalized spacial score (nSPS) is 11.4. The van der Waals surface area contributed by atoms with E-state index in [1.165, 1.54) is 0 Å². The van der Waals surface area contributed by atoms with Crippen LogP contribution in [0.1, 0.15) is 11.1 Å². The summed E-state index contributed by atoms with van der Waals surface area (Å²) in [5.74, 6) is -0.0974. The number of hydrogen-bond acceptors (Lipinski definition) is 3. The fourth-order valence-electron chi connectivity index (χ4n) is 1.85. The summed E-state index contributed by atoms with van der Waals surface area (Å²) in [5, 5.41) is 0. The molecule has 112 valence electrons. The maximum Gasteiger partial charge on any atom is 0.236 e. The summed E-state index contributed by atoms with van der Waals surface area (Å²) in [5.41, 5.74) is 7.68. The molecular formula is C14H14Br2N2O2S. The number of nitrogens with one attached hydrogen (secondary N) is 1. The fraction of sp³-hybridized carbons (Fsp3) is 0.143. The summed E-state index contributed by atoms with van der Waals surface area (Å²) in [6, 6.07) is 12.6. The maximum absolute atomic E-state index is 12.3. The molecule has 2 aromatic rings. The van der Waals surface area contributed by atoms with Crippen LogP contribution in [-0.4, -0.2) is 8.42 Å². The van der Waals surface area contributed by atoms with Gasteiger partial charge in [-0.2, -0.15) is 0 Å². The number of hydrogen-bond donors (Lipinski definition) is 2. The molecule has 0 spiro atoms. The average molecular weight is 434 g/mol. The highest BCUT2D eigenvalue weighted by Crippen LogP contribution is 2.27. The lowest BCUT2D eigenvalue weighted by Crippen LogP contribution is -2.15. The van der Waals surface area contributed by atoms with Gasteiger partial charge in [-0.25, -0.2) is 8.42 Å². The topological polar surface area (TPSA) is 72.2 Å². The van der Waals surface area contributed by atoms with Gasteiger partial charge < -0.3 is 5.73 Å². The summed E-state index contributed by atoms with van der Waals surface area (Å²) in [4.78, 5) is 0. The number of halogens is 2. The minimum absolute atomic E-state index is 0.0974. The smallest absolute Gasteiger partial charge is 0.236 e. The molecule has 0 saturated heterocycles. The third-order valence-corrected chi connectivity index (χ3v) is 5.21. The van der Waals surface area contributed by atoms with Gasteiger partial charge in [-0.15, -0.1) is 0 Å². The Hall–Kier alpha value is -0.890. The number of benzene rings is 2. The van der Waals surface area contributed by atoms with Crippen molar-refractivity contribution >= 4 is 47.6 Å². The summed E-state index contributed by atoms with van der Waals surface area (Å²) in [7, 11) is -3.49. The molecule has 4 nitrogen and oxygen atoms in total. The first-order chi connectivity index (χ1) is 9.89. The summed E-state index contributed by atoms with van der Waals surface area (Å²) < 4.78 is 28.6. The molecule has 2 aromatic carbocycles. The molecule has 0 radical (unpaired) electrons. The van der Waals surface area contributed by atoms with Crippen molar-refractivity contribution in [3.05, 3.63) is 62.5 Å². The molecule has 0 bridgehead atoms. The Bertz CT molecular complexity index is 748. The van der Waals surface area contributed by atoms with Gasteiger partial charge in [-0.1, -0.05) is 40.2 Å². The molecular weight excluding hydrogens is 420 g/mol. The standard InChI is InChI=1S/C14H14Br2N2O2S/c15-12-4-5-13(16)14(7-12)18-21(19,20)9-11-3-1-2-10(6-11)8-17/h1-7,18H,8-9,17H2. The highest BCUT2D eigenvalue weighted by molar-refractivity contribution is 9.11. The molecule has 0 atom stereocenters. The lowest BCUT2D eigenvalue weighted by atomic mass is 10.1. The fourth-order valence-corrected chi connectivity index (χ4v) is 3.88. The molecule has 21 heavy (non-hydrogen) atoms. The van der Waals surface area contributed by atoms with Crippen LogP contribution in [0.15, 0.2) is 51.4 Å². The first-order valence-electron chi connectivity index (χ1n) is 6.13. The van der Waals surface area contributed by atoms with E-state index in [0.29, 0.717) is 22.3 Å². The Morgan fingerprint density at radius 1 is 1.05 bits per heavy atom. The first-order valence-corrected chi connectivity index (χ1v) is 9.37. The Kier molecular flexibility index (Phi) is 5.43. The minimum atomic E-state index is -3.49. The van der Waals surface area contributed by atoms with Gasteiger partial charge in [0, 0.05) is 15.5 Å². The van der Waals surface area contributed by atoms with Gasteiger partial charge in [0.05, 0.1) is 11.4 Å². The van der Waals surface area contributed by atoms with Gasteiger partial charge in [-0.05, 0) is 45.3 Å². The molecule has 0 fully saturated rings. The van der Waals surface area contributed by atoms with Crippen molar-refractivity contribution in [1.82, 2.24) is 0 Å². The van der Waals surface area contributed by atoms with Crippen LogP contribution in [0.5, 0.6) is 0 Å². The van der Waals surface area contributed by atoms with Crippen molar-refractivity contribution in [2.75, 3.05) is 4.72 Å². The minimum Gasteiger partial charge on any atom is -0.326 e. The summed E-state index contributed by atoms with van der Waals surface area (Å²) in [6.07, 6.45) is 0. The molecule has 0 heterocycles. The largest absolute Gasteiger partial charge is 0.326 e. The molecule has 0 aliphatic rings. The van der Waals surface area contributed by atoms with Crippen LogP contribution in [0.25, 0.3) is 0 Å². The molecule has 0 aliphatic carbocycles. The molecule has 0 unspecified atom stereocenters. The maximum atomic E-state index is 12.3. The number of rotatable bonds is 5. The second-order valence-corrected chi connectivity index (χ2v) is 8.00. The lowest BCUT2D eigenvalue weighted by Gasteiger charge is -2.11. The third-order valence-electron chi connectivity index (χ3n) is 2.78. The Morgan fingerprint density at radius 3 is 2.48 bits per heavy atom. The first kappa shape index (κ1) is 16.5. The van der Waals surface area contributed by atoms with E-state index in [9.17, 15) is 8.42 Å². The Labute approximate surface area is 141 Å². The molecule has 3 N–H and O–H groups in total.